The monoisotopic (exact) mass is 170 g/mol. The summed E-state index contributed by atoms with van der Waals surface area (Å²) in [4.78, 5) is 10.9. The molecule has 1 fully saturated rings. The fourth-order valence-corrected chi connectivity index (χ4v) is 2.26. The van der Waals surface area contributed by atoms with Gasteiger partial charge in [0.05, 0.1) is 5.92 Å². The standard InChI is InChI=1S/C10H18O2/c1-7(2)8-5-3-4-6-9(8)10(11)12/h7-9H,3-6H2,1-2H3,(H,11,12)/t8-,9-/m1/s1. The molecule has 2 nitrogen and oxygen atoms in total. The van der Waals surface area contributed by atoms with Gasteiger partial charge in [-0.2, -0.15) is 0 Å². The van der Waals surface area contributed by atoms with Crippen molar-refractivity contribution in [2.75, 3.05) is 0 Å². The second-order valence-corrected chi connectivity index (χ2v) is 4.14. The van der Waals surface area contributed by atoms with Crippen LogP contribution in [0.15, 0.2) is 0 Å². The summed E-state index contributed by atoms with van der Waals surface area (Å²) in [6, 6.07) is 0. The number of carboxylic acids is 1. The van der Waals surface area contributed by atoms with Crippen LogP contribution in [0.4, 0.5) is 0 Å². The molecule has 0 heterocycles. The molecule has 0 aromatic heterocycles. The molecule has 0 aromatic carbocycles. The van der Waals surface area contributed by atoms with Gasteiger partial charge in [0.25, 0.3) is 0 Å². The van der Waals surface area contributed by atoms with Gasteiger partial charge < -0.3 is 5.11 Å². The Kier molecular flexibility index (Phi) is 3.12. The Morgan fingerprint density at radius 3 is 2.33 bits per heavy atom. The van der Waals surface area contributed by atoms with E-state index in [1.807, 2.05) is 0 Å². The lowest BCUT2D eigenvalue weighted by atomic mass is 9.73. The summed E-state index contributed by atoms with van der Waals surface area (Å²) in [5.74, 6) is 0.273. The molecule has 70 valence electrons. The van der Waals surface area contributed by atoms with Gasteiger partial charge in [-0.1, -0.05) is 26.7 Å². The predicted molar refractivity (Wildman–Crippen MR) is 47.9 cm³/mol. The van der Waals surface area contributed by atoms with E-state index in [1.165, 1.54) is 6.42 Å². The zero-order valence-corrected chi connectivity index (χ0v) is 7.92. The maximum Gasteiger partial charge on any atom is 0.306 e. The highest BCUT2D eigenvalue weighted by atomic mass is 16.4. The number of hydrogen-bond acceptors (Lipinski definition) is 1. The van der Waals surface area contributed by atoms with Gasteiger partial charge in [0, 0.05) is 0 Å². The van der Waals surface area contributed by atoms with Gasteiger partial charge >= 0.3 is 5.97 Å². The molecule has 0 amide bonds. The second kappa shape index (κ2) is 3.92. The normalized spacial score (nSPS) is 30.6. The lowest BCUT2D eigenvalue weighted by Crippen LogP contribution is -2.30. The Morgan fingerprint density at radius 2 is 1.92 bits per heavy atom. The molecule has 0 spiro atoms. The molecule has 0 unspecified atom stereocenters. The van der Waals surface area contributed by atoms with Crippen LogP contribution in [0.5, 0.6) is 0 Å². The van der Waals surface area contributed by atoms with Crippen molar-refractivity contribution in [1.82, 2.24) is 0 Å². The van der Waals surface area contributed by atoms with Gasteiger partial charge in [-0.25, -0.2) is 0 Å². The SMILES string of the molecule is CC(C)[C@H]1CCCC[C@H]1C(=O)O. The summed E-state index contributed by atoms with van der Waals surface area (Å²) < 4.78 is 0. The Balaban J connectivity index is 2.60. The zero-order valence-electron chi connectivity index (χ0n) is 7.92. The summed E-state index contributed by atoms with van der Waals surface area (Å²) in [7, 11) is 0. The average molecular weight is 170 g/mol. The van der Waals surface area contributed by atoms with Crippen LogP contribution in [0.25, 0.3) is 0 Å². The molecule has 0 aromatic rings. The minimum Gasteiger partial charge on any atom is -0.481 e. The Bertz CT molecular complexity index is 163. The number of rotatable bonds is 2. The molecule has 1 aliphatic carbocycles. The number of carbonyl (C=O) groups is 1. The smallest absolute Gasteiger partial charge is 0.306 e. The highest BCUT2D eigenvalue weighted by Crippen LogP contribution is 2.34. The summed E-state index contributed by atoms with van der Waals surface area (Å²) in [6.45, 7) is 4.26. The van der Waals surface area contributed by atoms with E-state index < -0.39 is 5.97 Å². The van der Waals surface area contributed by atoms with Crippen molar-refractivity contribution < 1.29 is 9.90 Å². The topological polar surface area (TPSA) is 37.3 Å². The lowest BCUT2D eigenvalue weighted by Gasteiger charge is -2.31. The van der Waals surface area contributed by atoms with Crippen LogP contribution in [-0.4, -0.2) is 11.1 Å². The Morgan fingerprint density at radius 1 is 1.33 bits per heavy atom. The summed E-state index contributed by atoms with van der Waals surface area (Å²) in [5.41, 5.74) is 0. The Labute approximate surface area is 74.0 Å². The van der Waals surface area contributed by atoms with Gasteiger partial charge in [0.1, 0.15) is 0 Å². The van der Waals surface area contributed by atoms with E-state index in [0.29, 0.717) is 11.8 Å². The molecule has 2 heteroatoms. The van der Waals surface area contributed by atoms with Crippen LogP contribution >= 0.6 is 0 Å². The van der Waals surface area contributed by atoms with Crippen molar-refractivity contribution in [2.45, 2.75) is 39.5 Å². The van der Waals surface area contributed by atoms with Gasteiger partial charge in [0.15, 0.2) is 0 Å². The number of hydrogen-bond donors (Lipinski definition) is 1. The van der Waals surface area contributed by atoms with Crippen LogP contribution in [0.2, 0.25) is 0 Å². The van der Waals surface area contributed by atoms with Gasteiger partial charge in [0.2, 0.25) is 0 Å². The first-order valence-corrected chi connectivity index (χ1v) is 4.85. The van der Waals surface area contributed by atoms with E-state index in [4.69, 9.17) is 5.11 Å². The third-order valence-corrected chi connectivity index (χ3v) is 2.99. The zero-order chi connectivity index (χ0) is 9.14. The molecule has 0 radical (unpaired) electrons. The van der Waals surface area contributed by atoms with Crippen molar-refractivity contribution >= 4 is 5.97 Å². The van der Waals surface area contributed by atoms with E-state index >= 15 is 0 Å². The van der Waals surface area contributed by atoms with Crippen LogP contribution in [-0.2, 0) is 4.79 Å². The van der Waals surface area contributed by atoms with Crippen molar-refractivity contribution in [3.05, 3.63) is 0 Å². The molecule has 0 aliphatic heterocycles. The first kappa shape index (κ1) is 9.56. The third-order valence-electron chi connectivity index (χ3n) is 2.99. The predicted octanol–water partition coefficient (Wildman–Crippen LogP) is 2.53. The summed E-state index contributed by atoms with van der Waals surface area (Å²) in [5, 5.41) is 8.96. The quantitative estimate of drug-likeness (QED) is 0.691. The third kappa shape index (κ3) is 1.99. The fraction of sp³-hybridized carbons (Fsp3) is 0.900. The maximum absolute atomic E-state index is 10.9. The highest BCUT2D eigenvalue weighted by molar-refractivity contribution is 5.70. The first-order valence-electron chi connectivity index (χ1n) is 4.85. The molecule has 0 saturated heterocycles. The van der Waals surface area contributed by atoms with Gasteiger partial charge in [-0.15, -0.1) is 0 Å². The van der Waals surface area contributed by atoms with E-state index in [1.54, 1.807) is 0 Å². The molecule has 1 N–H and O–H groups in total. The average Bonchev–Trinajstić information content (AvgIpc) is 2.04. The van der Waals surface area contributed by atoms with Crippen molar-refractivity contribution in [1.29, 1.82) is 0 Å². The van der Waals surface area contributed by atoms with Crippen molar-refractivity contribution in [2.24, 2.45) is 17.8 Å². The largest absolute Gasteiger partial charge is 0.481 e. The molecule has 12 heavy (non-hydrogen) atoms. The van der Waals surface area contributed by atoms with Gasteiger partial charge in [-0.3, -0.25) is 4.79 Å². The fourth-order valence-electron chi connectivity index (χ4n) is 2.26. The Hall–Kier alpha value is -0.530. The van der Waals surface area contributed by atoms with E-state index in [0.717, 1.165) is 19.3 Å². The van der Waals surface area contributed by atoms with Crippen LogP contribution in [0.1, 0.15) is 39.5 Å². The van der Waals surface area contributed by atoms with Crippen LogP contribution < -0.4 is 0 Å². The minimum absolute atomic E-state index is 0.0706. The molecular weight excluding hydrogens is 152 g/mol. The van der Waals surface area contributed by atoms with E-state index in [9.17, 15) is 4.79 Å². The number of carboxylic acid groups (broad SMARTS) is 1. The molecule has 1 aliphatic rings. The molecule has 0 bridgehead atoms. The lowest BCUT2D eigenvalue weighted by molar-refractivity contribution is -0.145. The van der Waals surface area contributed by atoms with E-state index in [-0.39, 0.29) is 5.92 Å². The minimum atomic E-state index is -0.589. The van der Waals surface area contributed by atoms with Gasteiger partial charge in [-0.05, 0) is 24.7 Å². The van der Waals surface area contributed by atoms with E-state index in [2.05, 4.69) is 13.8 Å². The van der Waals surface area contributed by atoms with Crippen molar-refractivity contribution in [3.63, 3.8) is 0 Å². The highest BCUT2D eigenvalue weighted by Gasteiger charge is 2.32. The molecule has 1 rings (SSSR count). The number of aliphatic carboxylic acids is 1. The first-order chi connectivity index (χ1) is 5.63. The maximum atomic E-state index is 10.9. The molecule has 2 atom stereocenters. The second-order valence-electron chi connectivity index (χ2n) is 4.14. The summed E-state index contributed by atoms with van der Waals surface area (Å²) in [6.07, 6.45) is 4.31. The molecular formula is C10H18O2. The van der Waals surface area contributed by atoms with Crippen molar-refractivity contribution in [3.8, 4) is 0 Å². The van der Waals surface area contributed by atoms with Crippen LogP contribution in [0.3, 0.4) is 0 Å². The summed E-state index contributed by atoms with van der Waals surface area (Å²) >= 11 is 0. The van der Waals surface area contributed by atoms with Crippen LogP contribution in [0, 0.1) is 17.8 Å². The molecule has 1 saturated carbocycles.